The normalized spacial score (nSPS) is 14.5. The number of aromatic carboxylic acids is 1. The molecule has 0 bridgehead atoms. The van der Waals surface area contributed by atoms with E-state index in [4.69, 9.17) is 0 Å². The molecule has 1 N–H and O–H groups in total. The summed E-state index contributed by atoms with van der Waals surface area (Å²) in [7, 11) is 0. The van der Waals surface area contributed by atoms with Crippen molar-refractivity contribution in [3.8, 4) is 11.3 Å². The van der Waals surface area contributed by atoms with Gasteiger partial charge in [-0.3, -0.25) is 0 Å². The van der Waals surface area contributed by atoms with E-state index in [9.17, 15) is 18.7 Å². The molecule has 0 spiro atoms. The Morgan fingerprint density at radius 3 is 2.41 bits per heavy atom. The molecular formula is C20H17F2N3O2. The molecule has 0 atom stereocenters. The Bertz CT molecular complexity index is 1030. The lowest BCUT2D eigenvalue weighted by Crippen LogP contribution is -2.31. The molecule has 27 heavy (non-hydrogen) atoms. The molecule has 1 aliphatic rings. The van der Waals surface area contributed by atoms with E-state index in [-0.39, 0.29) is 5.56 Å². The van der Waals surface area contributed by atoms with Crippen LogP contribution in [0.5, 0.6) is 0 Å². The second-order valence-electron chi connectivity index (χ2n) is 6.58. The van der Waals surface area contributed by atoms with Crippen LogP contribution in [0.2, 0.25) is 0 Å². The van der Waals surface area contributed by atoms with Crippen molar-refractivity contribution in [2.75, 3.05) is 18.0 Å². The van der Waals surface area contributed by atoms with Crippen LogP contribution < -0.4 is 4.90 Å². The molecule has 1 aliphatic heterocycles. The van der Waals surface area contributed by atoms with Gasteiger partial charge in [0.2, 0.25) is 0 Å². The van der Waals surface area contributed by atoms with E-state index < -0.39 is 17.6 Å². The van der Waals surface area contributed by atoms with Crippen molar-refractivity contribution in [1.82, 2.24) is 9.97 Å². The van der Waals surface area contributed by atoms with Gasteiger partial charge in [-0.05, 0) is 55.7 Å². The summed E-state index contributed by atoms with van der Waals surface area (Å²) in [4.78, 5) is 22.6. The number of carboxylic acid groups (broad SMARTS) is 1. The number of aromatic nitrogens is 2. The summed E-state index contributed by atoms with van der Waals surface area (Å²) in [5, 5.41) is 9.22. The molecule has 0 unspecified atom stereocenters. The lowest BCUT2D eigenvalue weighted by atomic mass is 10.1. The Kier molecular flexibility index (Phi) is 4.43. The summed E-state index contributed by atoms with van der Waals surface area (Å²) in [5.74, 6) is -2.34. The van der Waals surface area contributed by atoms with Crippen LogP contribution in [-0.2, 0) is 0 Å². The highest BCUT2D eigenvalue weighted by Gasteiger charge is 2.20. The number of halogens is 2. The minimum Gasteiger partial charge on any atom is -0.478 e. The molecule has 0 saturated carbocycles. The van der Waals surface area contributed by atoms with Crippen LogP contribution in [-0.4, -0.2) is 34.1 Å². The predicted octanol–water partition coefficient (Wildman–Crippen LogP) is 4.26. The highest BCUT2D eigenvalue weighted by atomic mass is 19.2. The smallest absolute Gasteiger partial charge is 0.335 e. The van der Waals surface area contributed by atoms with Gasteiger partial charge in [-0.15, -0.1) is 0 Å². The Morgan fingerprint density at radius 2 is 1.70 bits per heavy atom. The van der Waals surface area contributed by atoms with Crippen molar-refractivity contribution in [3.63, 3.8) is 0 Å². The number of hydrogen-bond donors (Lipinski definition) is 1. The van der Waals surface area contributed by atoms with Crippen LogP contribution in [0.1, 0.15) is 29.6 Å². The third kappa shape index (κ3) is 3.32. The molecule has 1 fully saturated rings. The molecule has 5 nitrogen and oxygen atoms in total. The summed E-state index contributed by atoms with van der Waals surface area (Å²) in [6.45, 7) is 1.57. The predicted molar refractivity (Wildman–Crippen MR) is 97.9 cm³/mol. The fourth-order valence-corrected chi connectivity index (χ4v) is 3.34. The Hall–Kier alpha value is -3.09. The molecule has 0 amide bonds. The summed E-state index contributed by atoms with van der Waals surface area (Å²) in [5.41, 5.74) is 1.99. The van der Waals surface area contributed by atoms with Crippen molar-refractivity contribution in [3.05, 3.63) is 53.6 Å². The summed E-state index contributed by atoms with van der Waals surface area (Å²) in [6.07, 6.45) is 3.14. The number of anilines is 1. The number of rotatable bonds is 3. The zero-order valence-corrected chi connectivity index (χ0v) is 14.5. The average molecular weight is 369 g/mol. The third-order valence-corrected chi connectivity index (χ3v) is 4.74. The van der Waals surface area contributed by atoms with E-state index >= 15 is 0 Å². The van der Waals surface area contributed by atoms with Gasteiger partial charge in [-0.2, -0.15) is 0 Å². The van der Waals surface area contributed by atoms with E-state index in [0.717, 1.165) is 44.5 Å². The van der Waals surface area contributed by atoms with Gasteiger partial charge in [0, 0.05) is 18.7 Å². The molecule has 7 heteroatoms. The van der Waals surface area contributed by atoms with Crippen molar-refractivity contribution < 1.29 is 18.7 Å². The maximum atomic E-state index is 13.8. The minimum atomic E-state index is -1.04. The topological polar surface area (TPSA) is 66.3 Å². The second kappa shape index (κ2) is 6.90. The van der Waals surface area contributed by atoms with Gasteiger partial charge in [0.25, 0.3) is 0 Å². The zero-order chi connectivity index (χ0) is 19.0. The fraction of sp³-hybridized carbons (Fsp3) is 0.250. The number of hydrogen-bond acceptors (Lipinski definition) is 4. The molecule has 138 valence electrons. The molecule has 2 aromatic carbocycles. The summed E-state index contributed by atoms with van der Waals surface area (Å²) < 4.78 is 27.2. The minimum absolute atomic E-state index is 0.127. The van der Waals surface area contributed by atoms with E-state index in [0.29, 0.717) is 28.1 Å². The van der Waals surface area contributed by atoms with Crippen LogP contribution in [0.25, 0.3) is 22.3 Å². The number of fused-ring (bicyclic) bond motifs is 1. The van der Waals surface area contributed by atoms with Gasteiger partial charge < -0.3 is 10.0 Å². The van der Waals surface area contributed by atoms with Gasteiger partial charge in [-0.25, -0.2) is 23.5 Å². The molecule has 0 radical (unpaired) electrons. The molecule has 4 rings (SSSR count). The van der Waals surface area contributed by atoms with Gasteiger partial charge in [0.15, 0.2) is 17.5 Å². The zero-order valence-electron chi connectivity index (χ0n) is 14.5. The van der Waals surface area contributed by atoms with Crippen LogP contribution >= 0.6 is 0 Å². The largest absolute Gasteiger partial charge is 0.478 e. The molecular weight excluding hydrogens is 352 g/mol. The lowest BCUT2D eigenvalue weighted by Gasteiger charge is -2.29. The average Bonchev–Trinajstić information content (AvgIpc) is 2.69. The van der Waals surface area contributed by atoms with E-state index in [1.165, 1.54) is 18.2 Å². The van der Waals surface area contributed by atoms with Gasteiger partial charge >= 0.3 is 5.97 Å². The van der Waals surface area contributed by atoms with Crippen molar-refractivity contribution in [1.29, 1.82) is 0 Å². The van der Waals surface area contributed by atoms with E-state index in [2.05, 4.69) is 14.9 Å². The standard InChI is InChI=1S/C20H17F2N3O2/c21-14-6-4-12(10-15(14)22)18-19(25-8-2-1-3-9-25)24-17-11-13(20(26)27)5-7-16(17)23-18/h4-7,10-11H,1-3,8-9H2,(H,26,27). The van der Waals surface area contributed by atoms with Crippen LogP contribution in [0.15, 0.2) is 36.4 Å². The maximum Gasteiger partial charge on any atom is 0.335 e. The highest BCUT2D eigenvalue weighted by molar-refractivity contribution is 5.93. The first-order valence-electron chi connectivity index (χ1n) is 8.78. The quantitative estimate of drug-likeness (QED) is 0.747. The third-order valence-electron chi connectivity index (χ3n) is 4.74. The molecule has 2 heterocycles. The molecule has 0 aliphatic carbocycles. The maximum absolute atomic E-state index is 13.8. The Labute approximate surface area is 154 Å². The van der Waals surface area contributed by atoms with E-state index in [1.807, 2.05) is 0 Å². The Balaban J connectivity index is 1.92. The van der Waals surface area contributed by atoms with Crippen molar-refractivity contribution in [2.24, 2.45) is 0 Å². The lowest BCUT2D eigenvalue weighted by molar-refractivity contribution is 0.0697. The van der Waals surface area contributed by atoms with Gasteiger partial charge in [0.1, 0.15) is 5.69 Å². The summed E-state index contributed by atoms with van der Waals surface area (Å²) in [6, 6.07) is 8.18. The van der Waals surface area contributed by atoms with Crippen LogP contribution in [0, 0.1) is 11.6 Å². The first kappa shape index (κ1) is 17.3. The van der Waals surface area contributed by atoms with E-state index in [1.54, 1.807) is 6.07 Å². The molecule has 1 saturated heterocycles. The molecule has 3 aromatic rings. The van der Waals surface area contributed by atoms with Crippen LogP contribution in [0.4, 0.5) is 14.6 Å². The van der Waals surface area contributed by atoms with Crippen molar-refractivity contribution >= 4 is 22.8 Å². The Morgan fingerprint density at radius 1 is 0.926 bits per heavy atom. The fourth-order valence-electron chi connectivity index (χ4n) is 3.34. The van der Waals surface area contributed by atoms with Gasteiger partial charge in [-0.1, -0.05) is 0 Å². The number of benzene rings is 2. The first-order chi connectivity index (χ1) is 13.0. The SMILES string of the molecule is O=C(O)c1ccc2nc(-c3ccc(F)c(F)c3)c(N3CCCCC3)nc2c1. The number of piperidine rings is 1. The second-order valence-corrected chi connectivity index (χ2v) is 6.58. The number of nitrogens with zero attached hydrogens (tertiary/aromatic N) is 3. The summed E-state index contributed by atoms with van der Waals surface area (Å²) >= 11 is 0. The monoisotopic (exact) mass is 369 g/mol. The highest BCUT2D eigenvalue weighted by Crippen LogP contribution is 2.32. The molecule has 1 aromatic heterocycles. The van der Waals surface area contributed by atoms with Crippen molar-refractivity contribution in [2.45, 2.75) is 19.3 Å². The number of carboxylic acids is 1. The first-order valence-corrected chi connectivity index (χ1v) is 8.78. The van der Waals surface area contributed by atoms with Crippen LogP contribution in [0.3, 0.4) is 0 Å². The van der Waals surface area contributed by atoms with Gasteiger partial charge in [0.05, 0.1) is 16.6 Å². The number of carbonyl (C=O) groups is 1.